The van der Waals surface area contributed by atoms with Crippen molar-refractivity contribution in [2.45, 2.75) is 10.1 Å². The number of rotatable bonds is 8. The van der Waals surface area contributed by atoms with E-state index in [0.717, 1.165) is 0 Å². The molecule has 0 aliphatic carbocycles. The van der Waals surface area contributed by atoms with Crippen molar-refractivity contribution in [2.24, 2.45) is 0 Å². The molecule has 0 aliphatic heterocycles. The Hall–Kier alpha value is -1.28. The molecule has 0 heterocycles. The monoisotopic (exact) mass is 313 g/mol. The molecule has 0 radical (unpaired) electrons. The molecule has 6 nitrogen and oxygen atoms in total. The summed E-state index contributed by atoms with van der Waals surface area (Å²) in [6, 6.07) is 8.97. The van der Waals surface area contributed by atoms with Crippen molar-refractivity contribution in [3.63, 3.8) is 0 Å². The highest BCUT2D eigenvalue weighted by molar-refractivity contribution is 7.86. The summed E-state index contributed by atoms with van der Waals surface area (Å²) in [7, 11) is 5.89. The number of amides is 1. The third-order valence-corrected chi connectivity index (χ3v) is 4.17. The second kappa shape index (κ2) is 8.89. The first-order valence-corrected chi connectivity index (χ1v) is 7.80. The normalized spacial score (nSPS) is 14.2. The van der Waals surface area contributed by atoms with Gasteiger partial charge in [-0.15, -0.1) is 0 Å². The van der Waals surface area contributed by atoms with E-state index in [-0.39, 0.29) is 12.6 Å². The zero-order chi connectivity index (χ0) is 15.8. The van der Waals surface area contributed by atoms with Crippen LogP contribution >= 0.6 is 0 Å². The zero-order valence-corrected chi connectivity index (χ0v) is 13.7. The Morgan fingerprint density at radius 3 is 2.33 bits per heavy atom. The highest BCUT2D eigenvalue weighted by atomic mass is 32.2. The van der Waals surface area contributed by atoms with Gasteiger partial charge in [-0.25, -0.2) is 5.48 Å². The van der Waals surface area contributed by atoms with Crippen LogP contribution in [0.5, 0.6) is 0 Å². The van der Waals surface area contributed by atoms with E-state index < -0.39 is 16.0 Å². The molecule has 0 spiro atoms. The van der Waals surface area contributed by atoms with Gasteiger partial charge in [0.15, 0.2) is 0 Å². The average molecular weight is 313 g/mol. The predicted octanol–water partition coefficient (Wildman–Crippen LogP) is 0.291. The fourth-order valence-electron chi connectivity index (χ4n) is 1.60. The third kappa shape index (κ3) is 6.34. The average Bonchev–Trinajstić information content (AvgIpc) is 2.44. The lowest BCUT2D eigenvalue weighted by molar-refractivity contribution is -0.136. The van der Waals surface area contributed by atoms with Crippen LogP contribution in [0.15, 0.2) is 35.2 Å². The maximum Gasteiger partial charge on any atom is 0.261 e. The summed E-state index contributed by atoms with van der Waals surface area (Å²) in [5.41, 5.74) is 2.37. The minimum atomic E-state index is -1.43. The van der Waals surface area contributed by atoms with Gasteiger partial charge in [-0.1, -0.05) is 18.2 Å². The molecule has 1 amide bonds. The first-order valence-electron chi connectivity index (χ1n) is 6.58. The van der Waals surface area contributed by atoms with Crippen LogP contribution in [0.25, 0.3) is 0 Å². The highest BCUT2D eigenvalue weighted by Gasteiger charge is 2.27. The van der Waals surface area contributed by atoms with Gasteiger partial charge < -0.3 is 4.90 Å². The molecule has 21 heavy (non-hydrogen) atoms. The summed E-state index contributed by atoms with van der Waals surface area (Å²) in [6.45, 7) is 0.636. The van der Waals surface area contributed by atoms with Crippen LogP contribution in [0.3, 0.4) is 0 Å². The van der Waals surface area contributed by atoms with Crippen LogP contribution in [0.1, 0.15) is 0 Å². The first-order chi connectivity index (χ1) is 9.91. The maximum atomic E-state index is 12.6. The van der Waals surface area contributed by atoms with Crippen molar-refractivity contribution in [1.29, 1.82) is 0 Å². The van der Waals surface area contributed by atoms with Crippen LogP contribution in [0.2, 0.25) is 0 Å². The first kappa shape index (κ1) is 17.8. The lowest BCUT2D eigenvalue weighted by atomic mass is 10.4. The topological polar surface area (TPSA) is 61.9 Å². The fraction of sp³-hybridized carbons (Fsp3) is 0.500. The van der Waals surface area contributed by atoms with E-state index in [9.17, 15) is 9.00 Å². The Balaban J connectivity index is 2.75. The van der Waals surface area contributed by atoms with Gasteiger partial charge in [0.2, 0.25) is 0 Å². The number of hydrogen-bond acceptors (Lipinski definition) is 5. The molecule has 0 bridgehead atoms. The van der Waals surface area contributed by atoms with E-state index in [1.807, 2.05) is 39.2 Å². The summed E-state index contributed by atoms with van der Waals surface area (Å²) in [5, 5.41) is -0.690. The molecule has 0 aliphatic rings. The molecule has 0 fully saturated rings. The van der Waals surface area contributed by atoms with Crippen LogP contribution in [0.4, 0.5) is 0 Å². The smallest absolute Gasteiger partial charge is 0.261 e. The van der Waals surface area contributed by atoms with Crippen molar-refractivity contribution in [2.75, 3.05) is 41.5 Å². The zero-order valence-electron chi connectivity index (χ0n) is 12.9. The summed E-state index contributed by atoms with van der Waals surface area (Å²) >= 11 is 0. The van der Waals surface area contributed by atoms with Crippen molar-refractivity contribution in [3.8, 4) is 0 Å². The summed E-state index contributed by atoms with van der Waals surface area (Å²) < 4.78 is 12.6. The summed E-state index contributed by atoms with van der Waals surface area (Å²) in [6.07, 6.45) is 0. The Morgan fingerprint density at radius 2 is 1.81 bits per heavy atom. The fourth-order valence-corrected chi connectivity index (χ4v) is 3.03. The molecule has 0 saturated carbocycles. The van der Waals surface area contributed by atoms with Crippen molar-refractivity contribution in [3.05, 3.63) is 30.3 Å². The van der Waals surface area contributed by atoms with E-state index in [1.165, 1.54) is 0 Å². The molecule has 0 saturated heterocycles. The van der Waals surface area contributed by atoms with E-state index in [4.69, 9.17) is 4.84 Å². The largest absolute Gasteiger partial charge is 0.308 e. The van der Waals surface area contributed by atoms with E-state index in [0.29, 0.717) is 11.4 Å². The van der Waals surface area contributed by atoms with Gasteiger partial charge in [-0.3, -0.25) is 18.7 Å². The standard InChI is InChI=1S/C14H23N3O3S/c1-16(2)10-13(14(18)15-20-11-17(3)4)21(19)12-8-6-5-7-9-12/h5-9,13H,10-11H2,1-4H3,(H,15,18). The van der Waals surface area contributed by atoms with Crippen LogP contribution < -0.4 is 5.48 Å². The maximum absolute atomic E-state index is 12.6. The van der Waals surface area contributed by atoms with E-state index in [2.05, 4.69) is 5.48 Å². The van der Waals surface area contributed by atoms with Gasteiger partial charge in [0.05, 0.1) is 10.8 Å². The number of hydrogen-bond donors (Lipinski definition) is 1. The lowest BCUT2D eigenvalue weighted by Gasteiger charge is -2.20. The van der Waals surface area contributed by atoms with Crippen LogP contribution in [-0.4, -0.2) is 66.6 Å². The minimum Gasteiger partial charge on any atom is -0.308 e. The van der Waals surface area contributed by atoms with E-state index in [1.54, 1.807) is 29.2 Å². The Kier molecular flexibility index (Phi) is 7.52. The highest BCUT2D eigenvalue weighted by Crippen LogP contribution is 2.12. The molecular weight excluding hydrogens is 290 g/mol. The molecule has 1 N–H and O–H groups in total. The molecule has 118 valence electrons. The quantitative estimate of drug-likeness (QED) is 0.552. The number of nitrogens with one attached hydrogen (secondary N) is 1. The van der Waals surface area contributed by atoms with Gasteiger partial charge in [0, 0.05) is 11.4 Å². The predicted molar refractivity (Wildman–Crippen MR) is 83.0 cm³/mol. The summed E-state index contributed by atoms with van der Waals surface area (Å²) in [4.78, 5) is 21.5. The molecule has 1 aromatic carbocycles. The molecule has 1 aromatic rings. The number of benzene rings is 1. The molecule has 7 heteroatoms. The second-order valence-corrected chi connectivity index (χ2v) is 6.82. The third-order valence-electron chi connectivity index (χ3n) is 2.55. The second-order valence-electron chi connectivity index (χ2n) is 5.18. The van der Waals surface area contributed by atoms with Gasteiger partial charge in [-0.2, -0.15) is 0 Å². The molecular formula is C14H23N3O3S. The Labute approximate surface area is 128 Å². The molecule has 0 aromatic heterocycles. The molecule has 2 atom stereocenters. The van der Waals surface area contributed by atoms with Gasteiger partial charge in [0.25, 0.3) is 5.91 Å². The SMILES string of the molecule is CN(C)CONC(=O)C(CN(C)C)S(=O)c1ccccc1. The van der Waals surface area contributed by atoms with E-state index >= 15 is 0 Å². The number of carbonyl (C=O) groups excluding carboxylic acids is 1. The van der Waals surface area contributed by atoms with Crippen molar-refractivity contribution in [1.82, 2.24) is 15.3 Å². The Bertz CT molecular complexity index is 466. The molecule has 2 unspecified atom stereocenters. The van der Waals surface area contributed by atoms with Crippen LogP contribution in [0, 0.1) is 0 Å². The van der Waals surface area contributed by atoms with Gasteiger partial charge >= 0.3 is 0 Å². The summed E-state index contributed by atoms with van der Waals surface area (Å²) in [5.74, 6) is -0.382. The molecule has 1 rings (SSSR count). The lowest BCUT2D eigenvalue weighted by Crippen LogP contribution is -2.44. The number of hydroxylamine groups is 1. The number of carbonyl (C=O) groups is 1. The minimum absolute atomic E-state index is 0.262. The Morgan fingerprint density at radius 1 is 1.19 bits per heavy atom. The van der Waals surface area contributed by atoms with Crippen molar-refractivity contribution >= 4 is 16.7 Å². The van der Waals surface area contributed by atoms with Gasteiger partial charge in [-0.05, 0) is 40.3 Å². The van der Waals surface area contributed by atoms with Gasteiger partial charge in [0.1, 0.15) is 12.0 Å². The number of nitrogens with zero attached hydrogens (tertiary/aromatic N) is 2. The van der Waals surface area contributed by atoms with Crippen LogP contribution in [-0.2, 0) is 20.4 Å². The van der Waals surface area contributed by atoms with Crippen molar-refractivity contribution < 1.29 is 13.8 Å².